The Morgan fingerprint density at radius 2 is 2.15 bits per heavy atom. The molecule has 64 valence electrons. The normalized spacial score (nSPS) is 11.0. The molecule has 2 radical (unpaired) electrons. The number of aryl methyl sites for hydroxylation is 2. The second kappa shape index (κ2) is 2.59. The van der Waals surface area contributed by atoms with Gasteiger partial charge in [-0.2, -0.15) is 5.10 Å². The summed E-state index contributed by atoms with van der Waals surface area (Å²) in [5, 5.41) is 4.67. The third kappa shape index (κ3) is 1.13. The molecule has 0 spiro atoms. The van der Waals surface area contributed by atoms with Gasteiger partial charge in [-0.05, 0) is 19.1 Å². The monoisotopic (exact) mass is 174 g/mol. The van der Waals surface area contributed by atoms with Gasteiger partial charge in [-0.3, -0.25) is 4.68 Å². The summed E-state index contributed by atoms with van der Waals surface area (Å²) in [6, 6.07) is 3.04. The fourth-order valence-corrected chi connectivity index (χ4v) is 1.55. The van der Waals surface area contributed by atoms with E-state index in [-0.39, 0.29) is 5.82 Å². The van der Waals surface area contributed by atoms with Gasteiger partial charge in [0, 0.05) is 7.05 Å². The Kier molecular flexibility index (Phi) is 1.65. The summed E-state index contributed by atoms with van der Waals surface area (Å²) in [5.41, 5.74) is 1.85. The van der Waals surface area contributed by atoms with Gasteiger partial charge in [-0.25, -0.2) is 4.39 Å². The maximum absolute atomic E-state index is 13.4. The lowest BCUT2D eigenvalue weighted by molar-refractivity contribution is 0.640. The predicted octanol–water partition coefficient (Wildman–Crippen LogP) is 0.815. The minimum Gasteiger partial charge on any atom is -0.268 e. The lowest BCUT2D eigenvalue weighted by Crippen LogP contribution is -2.03. The van der Waals surface area contributed by atoms with Gasteiger partial charge in [0.2, 0.25) is 0 Å². The number of hydrogen-bond acceptors (Lipinski definition) is 1. The molecule has 0 unspecified atom stereocenters. The molecule has 0 N–H and O–H groups in total. The van der Waals surface area contributed by atoms with Crippen molar-refractivity contribution in [1.82, 2.24) is 9.78 Å². The smallest absolute Gasteiger partial charge is 0.133 e. The highest BCUT2D eigenvalue weighted by atomic mass is 19.1. The van der Waals surface area contributed by atoms with Gasteiger partial charge in [0.1, 0.15) is 13.7 Å². The minimum atomic E-state index is -0.305. The zero-order valence-electron chi connectivity index (χ0n) is 7.50. The van der Waals surface area contributed by atoms with Gasteiger partial charge in [0.25, 0.3) is 0 Å². The Labute approximate surface area is 76.8 Å². The van der Waals surface area contributed by atoms with Gasteiger partial charge < -0.3 is 0 Å². The van der Waals surface area contributed by atoms with Gasteiger partial charge in [0.05, 0.1) is 16.6 Å². The van der Waals surface area contributed by atoms with Crippen LogP contribution in [0.3, 0.4) is 0 Å². The molecular weight excluding hydrogens is 166 g/mol. The van der Waals surface area contributed by atoms with Gasteiger partial charge in [-0.15, -0.1) is 0 Å². The standard InChI is InChI=1S/C9H8BFN2/c1-5-9-7(11)3-6(10)4-8(9)13(2)12-5/h3-4H,1-2H3. The fourth-order valence-electron chi connectivity index (χ4n) is 1.55. The molecule has 4 heteroatoms. The Morgan fingerprint density at radius 3 is 2.85 bits per heavy atom. The van der Waals surface area contributed by atoms with Crippen molar-refractivity contribution in [1.29, 1.82) is 0 Å². The summed E-state index contributed by atoms with van der Waals surface area (Å²) in [4.78, 5) is 0. The van der Waals surface area contributed by atoms with E-state index in [4.69, 9.17) is 7.85 Å². The van der Waals surface area contributed by atoms with Crippen molar-refractivity contribution in [2.24, 2.45) is 7.05 Å². The Bertz CT molecular complexity index is 476. The van der Waals surface area contributed by atoms with Crippen LogP contribution < -0.4 is 5.46 Å². The van der Waals surface area contributed by atoms with E-state index >= 15 is 0 Å². The summed E-state index contributed by atoms with van der Waals surface area (Å²) < 4.78 is 15.0. The van der Waals surface area contributed by atoms with Crippen molar-refractivity contribution in [3.63, 3.8) is 0 Å². The molecule has 0 saturated heterocycles. The summed E-state index contributed by atoms with van der Waals surface area (Å²) in [7, 11) is 7.29. The molecule has 13 heavy (non-hydrogen) atoms. The Hall–Kier alpha value is -1.32. The first-order valence-electron chi connectivity index (χ1n) is 3.98. The van der Waals surface area contributed by atoms with Crippen LogP contribution in [0, 0.1) is 12.7 Å². The van der Waals surface area contributed by atoms with E-state index in [2.05, 4.69) is 5.10 Å². The molecule has 0 aliphatic rings. The molecule has 0 bridgehead atoms. The first-order valence-corrected chi connectivity index (χ1v) is 3.98. The molecule has 1 heterocycles. The highest BCUT2D eigenvalue weighted by Crippen LogP contribution is 2.18. The maximum atomic E-state index is 13.4. The van der Waals surface area contributed by atoms with Crippen LogP contribution >= 0.6 is 0 Å². The molecule has 0 fully saturated rings. The Morgan fingerprint density at radius 1 is 1.46 bits per heavy atom. The lowest BCUT2D eigenvalue weighted by atomic mass is 9.95. The lowest BCUT2D eigenvalue weighted by Gasteiger charge is -1.97. The third-order valence-electron chi connectivity index (χ3n) is 2.10. The second-order valence-corrected chi connectivity index (χ2v) is 3.11. The quantitative estimate of drug-likeness (QED) is 0.540. The SMILES string of the molecule is [B]c1cc(F)c2c(C)nn(C)c2c1. The van der Waals surface area contributed by atoms with E-state index in [1.807, 2.05) is 0 Å². The third-order valence-corrected chi connectivity index (χ3v) is 2.10. The molecule has 2 nitrogen and oxygen atoms in total. The summed E-state index contributed by atoms with van der Waals surface area (Å²) >= 11 is 0. The van der Waals surface area contributed by atoms with E-state index in [0.29, 0.717) is 16.5 Å². The number of hydrogen-bond donors (Lipinski definition) is 0. The summed E-state index contributed by atoms with van der Waals surface area (Å²) in [5.74, 6) is -0.305. The van der Waals surface area contributed by atoms with E-state index in [1.165, 1.54) is 6.07 Å². The van der Waals surface area contributed by atoms with Crippen LogP contribution in [-0.2, 0) is 7.05 Å². The molecule has 2 rings (SSSR count). The van der Waals surface area contributed by atoms with Crippen molar-refractivity contribution in [3.8, 4) is 0 Å². The molecule has 0 atom stereocenters. The average Bonchev–Trinajstić information content (AvgIpc) is 2.27. The first kappa shape index (κ1) is 8.29. The summed E-state index contributed by atoms with van der Waals surface area (Å²) in [6.07, 6.45) is 0. The molecule has 2 aromatic rings. The van der Waals surface area contributed by atoms with Crippen LogP contribution in [0.2, 0.25) is 0 Å². The van der Waals surface area contributed by atoms with Crippen LogP contribution in [0.15, 0.2) is 12.1 Å². The predicted molar refractivity (Wildman–Crippen MR) is 50.8 cm³/mol. The highest BCUT2D eigenvalue weighted by Gasteiger charge is 2.09. The van der Waals surface area contributed by atoms with Crippen molar-refractivity contribution < 1.29 is 4.39 Å². The van der Waals surface area contributed by atoms with Crippen LogP contribution in [0.4, 0.5) is 4.39 Å². The molecule has 1 aromatic carbocycles. The molecule has 0 amide bonds. The number of rotatable bonds is 0. The van der Waals surface area contributed by atoms with E-state index < -0.39 is 0 Å². The average molecular weight is 174 g/mol. The van der Waals surface area contributed by atoms with Crippen LogP contribution in [0.5, 0.6) is 0 Å². The van der Waals surface area contributed by atoms with E-state index in [1.54, 1.807) is 24.7 Å². The van der Waals surface area contributed by atoms with Gasteiger partial charge in [0.15, 0.2) is 0 Å². The maximum Gasteiger partial charge on any atom is 0.133 e. The van der Waals surface area contributed by atoms with Crippen LogP contribution in [0.25, 0.3) is 10.9 Å². The number of benzene rings is 1. The number of aromatic nitrogens is 2. The van der Waals surface area contributed by atoms with E-state index in [9.17, 15) is 4.39 Å². The Balaban J connectivity index is 2.97. The van der Waals surface area contributed by atoms with Gasteiger partial charge >= 0.3 is 0 Å². The van der Waals surface area contributed by atoms with E-state index in [0.717, 1.165) is 5.52 Å². The largest absolute Gasteiger partial charge is 0.268 e. The van der Waals surface area contributed by atoms with Crippen LogP contribution in [-0.4, -0.2) is 17.6 Å². The first-order chi connectivity index (χ1) is 6.09. The fraction of sp³-hybridized carbons (Fsp3) is 0.222. The molecule has 0 aliphatic carbocycles. The zero-order chi connectivity index (χ0) is 9.59. The summed E-state index contributed by atoms with van der Waals surface area (Å²) in [6.45, 7) is 1.78. The highest BCUT2D eigenvalue weighted by molar-refractivity contribution is 6.33. The van der Waals surface area contributed by atoms with Crippen molar-refractivity contribution in [2.75, 3.05) is 0 Å². The molecule has 1 aromatic heterocycles. The molecular formula is C9H8BFN2. The number of fused-ring (bicyclic) bond motifs is 1. The zero-order valence-corrected chi connectivity index (χ0v) is 7.50. The van der Waals surface area contributed by atoms with Crippen LogP contribution in [0.1, 0.15) is 5.69 Å². The second-order valence-electron chi connectivity index (χ2n) is 3.11. The minimum absolute atomic E-state index is 0.305. The number of halogens is 1. The van der Waals surface area contributed by atoms with Crippen molar-refractivity contribution in [3.05, 3.63) is 23.6 Å². The van der Waals surface area contributed by atoms with Crippen molar-refractivity contribution >= 4 is 24.2 Å². The van der Waals surface area contributed by atoms with Gasteiger partial charge in [-0.1, -0.05) is 5.46 Å². The topological polar surface area (TPSA) is 17.8 Å². The number of nitrogens with zero attached hydrogens (tertiary/aromatic N) is 2. The molecule has 0 saturated carbocycles. The van der Waals surface area contributed by atoms with Crippen molar-refractivity contribution in [2.45, 2.75) is 6.92 Å². The molecule has 0 aliphatic heterocycles.